The normalized spacial score (nSPS) is 18.5. The summed E-state index contributed by atoms with van der Waals surface area (Å²) in [5, 5.41) is 3.08. The van der Waals surface area contributed by atoms with E-state index in [9.17, 15) is 4.79 Å². The van der Waals surface area contributed by atoms with E-state index >= 15 is 0 Å². The number of carbonyl (C=O) groups excluding carboxylic acids is 1. The van der Waals surface area contributed by atoms with Gasteiger partial charge in [0.05, 0.1) is 11.9 Å². The summed E-state index contributed by atoms with van der Waals surface area (Å²) >= 11 is 0. The third-order valence-electron chi connectivity index (χ3n) is 5.31. The van der Waals surface area contributed by atoms with Crippen LogP contribution in [0.15, 0.2) is 42.6 Å². The van der Waals surface area contributed by atoms with Crippen molar-refractivity contribution < 1.29 is 4.79 Å². The quantitative estimate of drug-likeness (QED) is 0.914. The Bertz CT molecular complexity index is 751. The Balaban J connectivity index is 1.41. The van der Waals surface area contributed by atoms with Gasteiger partial charge in [0.15, 0.2) is 0 Å². The Labute approximate surface area is 148 Å². The molecule has 5 heteroatoms. The van der Waals surface area contributed by atoms with Gasteiger partial charge in [-0.1, -0.05) is 18.2 Å². The third-order valence-corrected chi connectivity index (χ3v) is 5.31. The fourth-order valence-corrected chi connectivity index (χ4v) is 3.82. The zero-order valence-corrected chi connectivity index (χ0v) is 14.6. The highest BCUT2D eigenvalue weighted by Crippen LogP contribution is 2.26. The van der Waals surface area contributed by atoms with Crippen molar-refractivity contribution in [1.29, 1.82) is 0 Å². The number of nitrogens with zero attached hydrogens (tertiary/aromatic N) is 3. The number of carbonyl (C=O) groups is 1. The van der Waals surface area contributed by atoms with Crippen LogP contribution in [-0.4, -0.2) is 41.6 Å². The smallest absolute Gasteiger partial charge is 0.322 e. The Morgan fingerprint density at radius 3 is 2.64 bits per heavy atom. The number of rotatable bonds is 2. The van der Waals surface area contributed by atoms with Gasteiger partial charge >= 0.3 is 6.03 Å². The number of anilines is 2. The minimum absolute atomic E-state index is 0.0420. The van der Waals surface area contributed by atoms with Gasteiger partial charge in [-0.2, -0.15) is 0 Å². The number of aromatic nitrogens is 1. The van der Waals surface area contributed by atoms with Crippen molar-refractivity contribution in [3.8, 4) is 0 Å². The molecule has 0 saturated carbocycles. The van der Waals surface area contributed by atoms with Crippen LogP contribution in [0.4, 0.5) is 16.2 Å². The number of pyridine rings is 1. The summed E-state index contributed by atoms with van der Waals surface area (Å²) in [6.45, 7) is 4.73. The Kier molecular flexibility index (Phi) is 4.30. The molecular weight excluding hydrogens is 312 g/mol. The molecule has 1 fully saturated rings. The molecule has 3 heterocycles. The molecule has 1 aromatic carbocycles. The number of piperidine rings is 1. The number of aryl methyl sites for hydroxylation is 1. The zero-order chi connectivity index (χ0) is 17.2. The maximum atomic E-state index is 12.7. The highest BCUT2D eigenvalue weighted by Gasteiger charge is 2.30. The number of para-hydroxylation sites is 1. The van der Waals surface area contributed by atoms with Crippen molar-refractivity contribution >= 4 is 17.4 Å². The van der Waals surface area contributed by atoms with Gasteiger partial charge in [0, 0.05) is 37.1 Å². The lowest BCUT2D eigenvalue weighted by Crippen LogP contribution is -2.48. The number of nitrogens with one attached hydrogen (secondary N) is 1. The topological polar surface area (TPSA) is 48.5 Å². The molecule has 0 radical (unpaired) electrons. The van der Waals surface area contributed by atoms with E-state index in [-0.39, 0.29) is 6.03 Å². The average Bonchev–Trinajstić information content (AvgIpc) is 2.81. The minimum atomic E-state index is 0.0420. The monoisotopic (exact) mass is 336 g/mol. The molecule has 0 unspecified atom stereocenters. The average molecular weight is 336 g/mol. The SMILES string of the molecule is Cc1ccc(N2CCC(N3CCc4ccccc4NC3=O)CC2)cn1. The summed E-state index contributed by atoms with van der Waals surface area (Å²) in [4.78, 5) is 21.5. The summed E-state index contributed by atoms with van der Waals surface area (Å²) in [6.07, 6.45) is 4.86. The van der Waals surface area contributed by atoms with Gasteiger partial charge in [-0.3, -0.25) is 4.98 Å². The fourth-order valence-electron chi connectivity index (χ4n) is 3.82. The van der Waals surface area contributed by atoms with Crippen molar-refractivity contribution in [2.75, 3.05) is 29.9 Å². The number of hydrogen-bond donors (Lipinski definition) is 1. The predicted octanol–water partition coefficient (Wildman–Crippen LogP) is 3.45. The lowest BCUT2D eigenvalue weighted by molar-refractivity contribution is 0.177. The molecule has 2 aromatic rings. The lowest BCUT2D eigenvalue weighted by Gasteiger charge is -2.38. The molecule has 4 rings (SSSR count). The van der Waals surface area contributed by atoms with Crippen LogP contribution in [-0.2, 0) is 6.42 Å². The first-order valence-electron chi connectivity index (χ1n) is 9.04. The van der Waals surface area contributed by atoms with Gasteiger partial charge in [-0.15, -0.1) is 0 Å². The molecule has 2 amide bonds. The van der Waals surface area contributed by atoms with Crippen molar-refractivity contribution in [2.45, 2.75) is 32.2 Å². The van der Waals surface area contributed by atoms with Crippen molar-refractivity contribution in [3.05, 3.63) is 53.9 Å². The molecule has 0 spiro atoms. The molecule has 2 aliphatic rings. The van der Waals surface area contributed by atoms with Crippen LogP contribution in [0.5, 0.6) is 0 Å². The molecule has 1 N–H and O–H groups in total. The lowest BCUT2D eigenvalue weighted by atomic mass is 10.0. The molecule has 2 aliphatic heterocycles. The molecule has 1 saturated heterocycles. The number of hydrogen-bond acceptors (Lipinski definition) is 3. The first-order chi connectivity index (χ1) is 12.2. The van der Waals surface area contributed by atoms with E-state index in [2.05, 4.69) is 33.4 Å². The minimum Gasteiger partial charge on any atom is -0.370 e. The predicted molar refractivity (Wildman–Crippen MR) is 100 cm³/mol. The van der Waals surface area contributed by atoms with Crippen LogP contribution in [0.25, 0.3) is 0 Å². The van der Waals surface area contributed by atoms with Crippen molar-refractivity contribution in [1.82, 2.24) is 9.88 Å². The van der Waals surface area contributed by atoms with E-state index in [4.69, 9.17) is 0 Å². The van der Waals surface area contributed by atoms with Crippen LogP contribution in [0, 0.1) is 6.92 Å². The first-order valence-corrected chi connectivity index (χ1v) is 9.04. The van der Waals surface area contributed by atoms with Gasteiger partial charge in [0.25, 0.3) is 0 Å². The van der Waals surface area contributed by atoms with Gasteiger partial charge < -0.3 is 15.1 Å². The molecule has 5 nitrogen and oxygen atoms in total. The van der Waals surface area contributed by atoms with E-state index < -0.39 is 0 Å². The second-order valence-electron chi connectivity index (χ2n) is 6.91. The molecule has 0 atom stereocenters. The van der Waals surface area contributed by atoms with Crippen molar-refractivity contribution in [3.63, 3.8) is 0 Å². The van der Waals surface area contributed by atoms with Gasteiger partial charge in [0.1, 0.15) is 0 Å². The Morgan fingerprint density at radius 2 is 1.88 bits per heavy atom. The molecule has 1 aromatic heterocycles. The maximum absolute atomic E-state index is 12.7. The number of amides is 2. The zero-order valence-electron chi connectivity index (χ0n) is 14.6. The van der Waals surface area contributed by atoms with E-state index in [0.717, 1.165) is 50.3 Å². The Morgan fingerprint density at radius 1 is 1.08 bits per heavy atom. The Hall–Kier alpha value is -2.56. The van der Waals surface area contributed by atoms with E-state index in [1.807, 2.05) is 36.2 Å². The summed E-state index contributed by atoms with van der Waals surface area (Å²) in [6, 6.07) is 12.6. The van der Waals surface area contributed by atoms with Crippen LogP contribution in [0.2, 0.25) is 0 Å². The van der Waals surface area contributed by atoms with E-state index in [1.165, 1.54) is 11.3 Å². The molecule has 0 aliphatic carbocycles. The maximum Gasteiger partial charge on any atom is 0.322 e. The first kappa shape index (κ1) is 15.9. The second kappa shape index (κ2) is 6.75. The molecular formula is C20H24N4O. The summed E-state index contributed by atoms with van der Waals surface area (Å²) in [5.41, 5.74) is 4.40. The van der Waals surface area contributed by atoms with E-state index in [1.54, 1.807) is 0 Å². The van der Waals surface area contributed by atoms with Crippen LogP contribution < -0.4 is 10.2 Å². The van der Waals surface area contributed by atoms with Crippen LogP contribution in [0.3, 0.4) is 0 Å². The summed E-state index contributed by atoms with van der Waals surface area (Å²) in [7, 11) is 0. The highest BCUT2D eigenvalue weighted by atomic mass is 16.2. The molecule has 25 heavy (non-hydrogen) atoms. The molecule has 0 bridgehead atoms. The van der Waals surface area contributed by atoms with Crippen molar-refractivity contribution in [2.24, 2.45) is 0 Å². The highest BCUT2D eigenvalue weighted by molar-refractivity contribution is 5.91. The van der Waals surface area contributed by atoms with E-state index in [0.29, 0.717) is 6.04 Å². The second-order valence-corrected chi connectivity index (χ2v) is 6.91. The standard InChI is InChI=1S/C20H24N4O/c1-15-6-7-18(14-21-15)23-11-9-17(10-12-23)24-13-8-16-4-2-3-5-19(16)22-20(24)25/h2-7,14,17H,8-13H2,1H3,(H,22,25). The van der Waals surface area contributed by atoms with Gasteiger partial charge in [-0.05, 0) is 49.9 Å². The molecule has 130 valence electrons. The fraction of sp³-hybridized carbons (Fsp3) is 0.400. The number of benzene rings is 1. The van der Waals surface area contributed by atoms with Gasteiger partial charge in [0.2, 0.25) is 0 Å². The largest absolute Gasteiger partial charge is 0.370 e. The number of fused-ring (bicyclic) bond motifs is 1. The van der Waals surface area contributed by atoms with Crippen LogP contribution >= 0.6 is 0 Å². The van der Waals surface area contributed by atoms with Crippen LogP contribution in [0.1, 0.15) is 24.1 Å². The summed E-state index contributed by atoms with van der Waals surface area (Å²) in [5.74, 6) is 0. The summed E-state index contributed by atoms with van der Waals surface area (Å²) < 4.78 is 0. The third kappa shape index (κ3) is 3.31. The van der Waals surface area contributed by atoms with Gasteiger partial charge in [-0.25, -0.2) is 4.79 Å². The number of urea groups is 1.